The summed E-state index contributed by atoms with van der Waals surface area (Å²) in [5.41, 5.74) is 0. The molecule has 1 aliphatic heterocycles. The van der Waals surface area contributed by atoms with Gasteiger partial charge in [-0.05, 0) is 53.2 Å². The maximum absolute atomic E-state index is 12.5. The lowest BCUT2D eigenvalue weighted by Crippen LogP contribution is -2.47. The number of anilines is 1. The quantitative estimate of drug-likeness (QED) is 0.683. The van der Waals surface area contributed by atoms with Gasteiger partial charge < -0.3 is 15.5 Å². The number of pyridine rings is 1. The number of rotatable bonds is 7. The second-order valence-corrected chi connectivity index (χ2v) is 8.15. The summed E-state index contributed by atoms with van der Waals surface area (Å²) in [6, 6.07) is 3.53. The molecule has 1 aromatic rings. The molecule has 1 unspecified atom stereocenters. The van der Waals surface area contributed by atoms with Gasteiger partial charge in [-0.25, -0.2) is 4.98 Å². The van der Waals surface area contributed by atoms with Gasteiger partial charge in [0.25, 0.3) is 0 Å². The number of piperidine rings is 1. The van der Waals surface area contributed by atoms with Crippen LogP contribution in [-0.4, -0.2) is 47.2 Å². The minimum absolute atomic E-state index is 0.0143. The number of halogens is 1. The topological polar surface area (TPSA) is 91.4 Å². The first-order valence-electron chi connectivity index (χ1n) is 9.32. The standard InChI is InChI=1S/C19H27BrN4O3/c1-13(2)5-8-17(25)22-11-18(26)24-9-3-4-14(12-24)19(27)23-16-7-6-15(20)10-21-16/h6-7,10,13-14H,3-5,8-9,11-12H2,1-2H3,(H,22,25)(H,21,23,27). The smallest absolute Gasteiger partial charge is 0.241 e. The zero-order chi connectivity index (χ0) is 19.8. The summed E-state index contributed by atoms with van der Waals surface area (Å²) in [6.07, 6.45) is 4.34. The number of aromatic nitrogens is 1. The summed E-state index contributed by atoms with van der Waals surface area (Å²) in [5.74, 6) is 0.280. The van der Waals surface area contributed by atoms with Gasteiger partial charge in [0.2, 0.25) is 17.7 Å². The molecular weight excluding hydrogens is 412 g/mol. The van der Waals surface area contributed by atoms with Crippen LogP contribution in [0.5, 0.6) is 0 Å². The van der Waals surface area contributed by atoms with Gasteiger partial charge in [0.15, 0.2) is 0 Å². The van der Waals surface area contributed by atoms with Gasteiger partial charge in [-0.2, -0.15) is 0 Å². The van der Waals surface area contributed by atoms with Gasteiger partial charge in [-0.3, -0.25) is 14.4 Å². The third kappa shape index (κ3) is 7.28. The van der Waals surface area contributed by atoms with Crippen molar-refractivity contribution in [3.8, 4) is 0 Å². The molecule has 1 saturated heterocycles. The minimum Gasteiger partial charge on any atom is -0.347 e. The van der Waals surface area contributed by atoms with E-state index in [1.54, 1.807) is 23.2 Å². The highest BCUT2D eigenvalue weighted by Gasteiger charge is 2.28. The van der Waals surface area contributed by atoms with E-state index in [-0.39, 0.29) is 30.2 Å². The van der Waals surface area contributed by atoms with Crippen LogP contribution in [0.15, 0.2) is 22.8 Å². The summed E-state index contributed by atoms with van der Waals surface area (Å²) in [7, 11) is 0. The molecule has 2 N–H and O–H groups in total. The highest BCUT2D eigenvalue weighted by atomic mass is 79.9. The molecule has 0 aliphatic carbocycles. The Hall–Kier alpha value is -1.96. The first kappa shape index (κ1) is 21.3. The van der Waals surface area contributed by atoms with Gasteiger partial charge >= 0.3 is 0 Å². The third-order valence-corrected chi connectivity index (χ3v) is 4.98. The number of hydrogen-bond donors (Lipinski definition) is 2. The molecule has 3 amide bonds. The summed E-state index contributed by atoms with van der Waals surface area (Å²) in [6.45, 7) is 5.08. The Labute approximate surface area is 168 Å². The first-order chi connectivity index (χ1) is 12.8. The molecule has 0 aromatic carbocycles. The maximum atomic E-state index is 12.5. The molecular formula is C19H27BrN4O3. The zero-order valence-corrected chi connectivity index (χ0v) is 17.4. The second kappa shape index (κ2) is 10.4. The number of carbonyl (C=O) groups is 3. The van der Waals surface area contributed by atoms with Crippen LogP contribution >= 0.6 is 15.9 Å². The van der Waals surface area contributed by atoms with Crippen LogP contribution in [0, 0.1) is 11.8 Å². The SMILES string of the molecule is CC(C)CCC(=O)NCC(=O)N1CCCC(C(=O)Nc2ccc(Br)cn2)C1. The van der Waals surface area contributed by atoms with Crippen molar-refractivity contribution < 1.29 is 14.4 Å². The van der Waals surface area contributed by atoms with Crippen molar-refractivity contribution in [1.82, 2.24) is 15.2 Å². The molecule has 8 heteroatoms. The summed E-state index contributed by atoms with van der Waals surface area (Å²) >= 11 is 3.30. The molecule has 7 nitrogen and oxygen atoms in total. The van der Waals surface area contributed by atoms with Crippen LogP contribution in [0.2, 0.25) is 0 Å². The number of likely N-dealkylation sites (tertiary alicyclic amines) is 1. The highest BCUT2D eigenvalue weighted by Crippen LogP contribution is 2.19. The monoisotopic (exact) mass is 438 g/mol. The van der Waals surface area contributed by atoms with Crippen LogP contribution in [0.1, 0.15) is 39.5 Å². The van der Waals surface area contributed by atoms with Gasteiger partial charge in [-0.15, -0.1) is 0 Å². The van der Waals surface area contributed by atoms with E-state index in [0.717, 1.165) is 23.7 Å². The van der Waals surface area contributed by atoms with Crippen LogP contribution in [0.4, 0.5) is 5.82 Å². The molecule has 0 spiro atoms. The average molecular weight is 439 g/mol. The Morgan fingerprint density at radius 2 is 2.11 bits per heavy atom. The zero-order valence-electron chi connectivity index (χ0n) is 15.8. The molecule has 1 fully saturated rings. The average Bonchev–Trinajstić information content (AvgIpc) is 2.66. The van der Waals surface area contributed by atoms with Crippen LogP contribution < -0.4 is 10.6 Å². The molecule has 0 radical (unpaired) electrons. The fourth-order valence-electron chi connectivity index (χ4n) is 2.89. The van der Waals surface area contributed by atoms with Crippen molar-refractivity contribution in [2.24, 2.45) is 11.8 Å². The maximum Gasteiger partial charge on any atom is 0.241 e. The molecule has 1 aromatic heterocycles. The third-order valence-electron chi connectivity index (χ3n) is 4.51. The number of hydrogen-bond acceptors (Lipinski definition) is 4. The molecule has 148 valence electrons. The molecule has 0 bridgehead atoms. The lowest BCUT2D eigenvalue weighted by atomic mass is 9.97. The Morgan fingerprint density at radius 3 is 2.78 bits per heavy atom. The van der Waals surface area contributed by atoms with E-state index >= 15 is 0 Å². The Kier molecular flexibility index (Phi) is 8.22. The Balaban J connectivity index is 1.80. The number of nitrogens with zero attached hydrogens (tertiary/aromatic N) is 2. The highest BCUT2D eigenvalue weighted by molar-refractivity contribution is 9.10. The summed E-state index contributed by atoms with van der Waals surface area (Å²) < 4.78 is 0.838. The van der Waals surface area contributed by atoms with Crippen molar-refractivity contribution in [2.75, 3.05) is 25.0 Å². The molecule has 2 heterocycles. The van der Waals surface area contributed by atoms with Crippen molar-refractivity contribution in [1.29, 1.82) is 0 Å². The molecule has 27 heavy (non-hydrogen) atoms. The summed E-state index contributed by atoms with van der Waals surface area (Å²) in [5, 5.41) is 5.48. The van der Waals surface area contributed by atoms with Crippen molar-refractivity contribution >= 4 is 39.5 Å². The van der Waals surface area contributed by atoms with E-state index in [1.807, 2.05) is 0 Å². The predicted octanol–water partition coefficient (Wildman–Crippen LogP) is 2.57. The van der Waals surface area contributed by atoms with Gasteiger partial charge in [0.05, 0.1) is 12.5 Å². The molecule has 1 atom stereocenters. The van der Waals surface area contributed by atoms with E-state index < -0.39 is 0 Å². The largest absolute Gasteiger partial charge is 0.347 e. The summed E-state index contributed by atoms with van der Waals surface area (Å²) in [4.78, 5) is 42.4. The normalized spacial score (nSPS) is 16.9. The number of nitrogens with one attached hydrogen (secondary N) is 2. The van der Waals surface area contributed by atoms with Crippen molar-refractivity contribution in [3.63, 3.8) is 0 Å². The Bertz CT molecular complexity index is 663. The number of carbonyl (C=O) groups excluding carboxylic acids is 3. The van der Waals surface area contributed by atoms with Gasteiger partial charge in [-0.1, -0.05) is 13.8 Å². The van der Waals surface area contributed by atoms with Gasteiger partial charge in [0.1, 0.15) is 5.82 Å². The lowest BCUT2D eigenvalue weighted by Gasteiger charge is -2.32. The van der Waals surface area contributed by atoms with E-state index in [1.165, 1.54) is 0 Å². The lowest BCUT2D eigenvalue weighted by molar-refractivity contribution is -0.135. The minimum atomic E-state index is -0.273. The molecule has 0 saturated carbocycles. The second-order valence-electron chi connectivity index (χ2n) is 7.24. The molecule has 1 aliphatic rings. The van der Waals surface area contributed by atoms with Crippen molar-refractivity contribution in [3.05, 3.63) is 22.8 Å². The van der Waals surface area contributed by atoms with E-state index in [0.29, 0.717) is 31.2 Å². The van der Waals surface area contributed by atoms with Crippen molar-refractivity contribution in [2.45, 2.75) is 39.5 Å². The van der Waals surface area contributed by atoms with Crippen LogP contribution in [0.3, 0.4) is 0 Å². The van der Waals surface area contributed by atoms with Crippen LogP contribution in [0.25, 0.3) is 0 Å². The fraction of sp³-hybridized carbons (Fsp3) is 0.579. The number of amides is 3. The van der Waals surface area contributed by atoms with E-state index in [4.69, 9.17) is 0 Å². The molecule has 2 rings (SSSR count). The first-order valence-corrected chi connectivity index (χ1v) is 10.1. The predicted molar refractivity (Wildman–Crippen MR) is 107 cm³/mol. The Morgan fingerprint density at radius 1 is 1.33 bits per heavy atom. The fourth-order valence-corrected chi connectivity index (χ4v) is 3.12. The van der Waals surface area contributed by atoms with Gasteiger partial charge in [0, 0.05) is 30.2 Å². The van der Waals surface area contributed by atoms with E-state index in [9.17, 15) is 14.4 Å². The van der Waals surface area contributed by atoms with Crippen LogP contribution in [-0.2, 0) is 14.4 Å². The van der Waals surface area contributed by atoms with E-state index in [2.05, 4.69) is 45.4 Å².